The van der Waals surface area contributed by atoms with Gasteiger partial charge in [-0.05, 0) is 74.5 Å². The van der Waals surface area contributed by atoms with Crippen molar-refractivity contribution in [2.45, 2.75) is 19.8 Å². The van der Waals surface area contributed by atoms with Gasteiger partial charge in [-0.2, -0.15) is 5.10 Å². The lowest BCUT2D eigenvalue weighted by atomic mass is 10.0. The van der Waals surface area contributed by atoms with E-state index in [2.05, 4.69) is 50.1 Å². The number of allylic oxidation sites excluding steroid dienone is 1. The van der Waals surface area contributed by atoms with E-state index in [0.29, 0.717) is 17.3 Å². The van der Waals surface area contributed by atoms with E-state index >= 15 is 0 Å². The Morgan fingerprint density at radius 2 is 2.12 bits per heavy atom. The third-order valence-corrected chi connectivity index (χ3v) is 5.70. The van der Waals surface area contributed by atoms with E-state index in [1.165, 1.54) is 12.8 Å². The number of hydrogen-bond acceptors (Lipinski definition) is 6. The molecule has 0 spiro atoms. The number of pyridine rings is 1. The summed E-state index contributed by atoms with van der Waals surface area (Å²) in [5.74, 6) is 0.174. The van der Waals surface area contributed by atoms with E-state index < -0.39 is 0 Å². The molecular formula is C25H28N6O2. The summed E-state index contributed by atoms with van der Waals surface area (Å²) in [5, 5.41) is 10.8. The fourth-order valence-electron chi connectivity index (χ4n) is 4.00. The van der Waals surface area contributed by atoms with Gasteiger partial charge in [0.25, 0.3) is 5.91 Å². The average molecular weight is 445 g/mol. The molecule has 2 aromatic heterocycles. The molecule has 33 heavy (non-hydrogen) atoms. The molecule has 3 heterocycles. The Balaban J connectivity index is 1.57. The van der Waals surface area contributed by atoms with Crippen LogP contribution in [0, 0.1) is 0 Å². The van der Waals surface area contributed by atoms with Crippen LogP contribution in [0.4, 0.5) is 5.69 Å². The van der Waals surface area contributed by atoms with Gasteiger partial charge in [0.1, 0.15) is 0 Å². The molecule has 4 rings (SSSR count). The summed E-state index contributed by atoms with van der Waals surface area (Å²) in [6, 6.07) is 9.38. The Labute approximate surface area is 193 Å². The first-order valence-corrected chi connectivity index (χ1v) is 10.9. The van der Waals surface area contributed by atoms with Gasteiger partial charge in [0.15, 0.2) is 5.69 Å². The number of nitrogens with zero attached hydrogens (tertiary/aromatic N) is 4. The number of benzene rings is 1. The van der Waals surface area contributed by atoms with Crippen molar-refractivity contribution in [1.29, 1.82) is 0 Å². The van der Waals surface area contributed by atoms with Gasteiger partial charge in [0.05, 0.1) is 24.5 Å². The molecule has 0 atom stereocenters. The molecule has 1 saturated heterocycles. The SMILES string of the molecule is C=N/C=C(\C=C(/C)c1ccc2[nH]nc(C(=O)Nc3ccc(OC)nc3)c2c1)CN1CCCC1. The minimum Gasteiger partial charge on any atom is -0.481 e. The molecule has 170 valence electrons. The molecule has 0 bridgehead atoms. The highest BCUT2D eigenvalue weighted by atomic mass is 16.5. The van der Waals surface area contributed by atoms with Crippen LogP contribution in [0.3, 0.4) is 0 Å². The number of likely N-dealkylation sites (tertiary alicyclic amines) is 1. The van der Waals surface area contributed by atoms with E-state index in [0.717, 1.165) is 47.2 Å². The van der Waals surface area contributed by atoms with Crippen LogP contribution in [-0.4, -0.2) is 59.5 Å². The van der Waals surface area contributed by atoms with Gasteiger partial charge in [0, 0.05) is 24.2 Å². The average Bonchev–Trinajstić information content (AvgIpc) is 3.49. The number of hydrogen-bond donors (Lipinski definition) is 2. The predicted octanol–water partition coefficient (Wildman–Crippen LogP) is 4.30. The van der Waals surface area contributed by atoms with E-state index in [-0.39, 0.29) is 5.91 Å². The van der Waals surface area contributed by atoms with Gasteiger partial charge in [-0.3, -0.25) is 19.8 Å². The molecule has 0 radical (unpaired) electrons. The lowest BCUT2D eigenvalue weighted by Gasteiger charge is -2.15. The molecule has 1 aromatic carbocycles. The molecule has 1 fully saturated rings. The number of ether oxygens (including phenoxy) is 1. The van der Waals surface area contributed by atoms with Crippen LogP contribution in [-0.2, 0) is 0 Å². The third kappa shape index (κ3) is 5.35. The summed E-state index contributed by atoms with van der Waals surface area (Å²) in [6.07, 6.45) is 7.99. The minimum atomic E-state index is -0.308. The number of H-pyrrole nitrogens is 1. The van der Waals surface area contributed by atoms with Crippen LogP contribution in [0.25, 0.3) is 16.5 Å². The molecule has 3 aromatic rings. The van der Waals surface area contributed by atoms with Crippen LogP contribution < -0.4 is 10.1 Å². The number of nitrogens with one attached hydrogen (secondary N) is 2. The topological polar surface area (TPSA) is 95.5 Å². The van der Waals surface area contributed by atoms with Crippen LogP contribution >= 0.6 is 0 Å². The van der Waals surface area contributed by atoms with Crippen molar-refractivity contribution in [2.75, 3.05) is 32.1 Å². The molecule has 0 unspecified atom stereocenters. The summed E-state index contributed by atoms with van der Waals surface area (Å²) in [7, 11) is 1.55. The fraction of sp³-hybridized carbons (Fsp3) is 0.280. The van der Waals surface area contributed by atoms with E-state index in [1.54, 1.807) is 25.4 Å². The fourth-order valence-corrected chi connectivity index (χ4v) is 4.00. The molecule has 2 N–H and O–H groups in total. The molecule has 1 aliphatic heterocycles. The van der Waals surface area contributed by atoms with Gasteiger partial charge in [-0.25, -0.2) is 4.98 Å². The van der Waals surface area contributed by atoms with Crippen LogP contribution in [0.2, 0.25) is 0 Å². The maximum Gasteiger partial charge on any atom is 0.276 e. The van der Waals surface area contributed by atoms with Crippen LogP contribution in [0.1, 0.15) is 35.8 Å². The summed E-state index contributed by atoms with van der Waals surface area (Å²) in [6.45, 7) is 8.77. The highest BCUT2D eigenvalue weighted by Crippen LogP contribution is 2.25. The zero-order chi connectivity index (χ0) is 23.2. The number of aromatic nitrogens is 3. The normalized spacial score (nSPS) is 15.1. The van der Waals surface area contributed by atoms with Crippen molar-refractivity contribution < 1.29 is 9.53 Å². The Hall–Kier alpha value is -3.78. The number of aliphatic imine (C=N–C) groups is 1. The van der Waals surface area contributed by atoms with Gasteiger partial charge in [-0.15, -0.1) is 0 Å². The predicted molar refractivity (Wildman–Crippen MR) is 132 cm³/mol. The smallest absolute Gasteiger partial charge is 0.276 e. The van der Waals surface area contributed by atoms with Crippen LogP contribution in [0.15, 0.2) is 59.4 Å². The maximum atomic E-state index is 12.9. The summed E-state index contributed by atoms with van der Waals surface area (Å²) < 4.78 is 5.06. The van der Waals surface area contributed by atoms with Crippen molar-refractivity contribution in [3.05, 3.63) is 65.6 Å². The van der Waals surface area contributed by atoms with Crippen molar-refractivity contribution in [2.24, 2.45) is 4.99 Å². The number of aromatic amines is 1. The first-order valence-electron chi connectivity index (χ1n) is 10.9. The van der Waals surface area contributed by atoms with Crippen molar-refractivity contribution in [1.82, 2.24) is 20.1 Å². The zero-order valence-electron chi connectivity index (χ0n) is 19.0. The number of rotatable bonds is 8. The molecule has 8 heteroatoms. The molecule has 0 saturated carbocycles. The summed E-state index contributed by atoms with van der Waals surface area (Å²) >= 11 is 0. The molecular weight excluding hydrogens is 416 g/mol. The van der Waals surface area contributed by atoms with E-state index in [9.17, 15) is 4.79 Å². The molecule has 1 amide bonds. The largest absolute Gasteiger partial charge is 0.481 e. The number of carbonyl (C=O) groups excluding carboxylic acids is 1. The number of carbonyl (C=O) groups is 1. The van der Waals surface area contributed by atoms with Crippen molar-refractivity contribution in [3.63, 3.8) is 0 Å². The molecule has 0 aliphatic carbocycles. The number of amides is 1. The monoisotopic (exact) mass is 444 g/mol. The Morgan fingerprint density at radius 1 is 1.30 bits per heavy atom. The maximum absolute atomic E-state index is 12.9. The van der Waals surface area contributed by atoms with Crippen molar-refractivity contribution >= 4 is 34.8 Å². The first-order chi connectivity index (χ1) is 16.1. The molecule has 1 aliphatic rings. The van der Waals surface area contributed by atoms with Crippen LogP contribution in [0.5, 0.6) is 5.88 Å². The van der Waals surface area contributed by atoms with Gasteiger partial charge in [0.2, 0.25) is 5.88 Å². The summed E-state index contributed by atoms with van der Waals surface area (Å²) in [5.41, 5.74) is 4.90. The lowest BCUT2D eigenvalue weighted by Crippen LogP contribution is -2.21. The zero-order valence-corrected chi connectivity index (χ0v) is 19.0. The number of anilines is 1. The Morgan fingerprint density at radius 3 is 2.82 bits per heavy atom. The van der Waals surface area contributed by atoms with E-state index in [1.807, 2.05) is 24.4 Å². The van der Waals surface area contributed by atoms with Gasteiger partial charge >= 0.3 is 0 Å². The number of methoxy groups -OCH3 is 1. The highest BCUT2D eigenvalue weighted by molar-refractivity contribution is 6.11. The van der Waals surface area contributed by atoms with Gasteiger partial charge < -0.3 is 10.1 Å². The lowest BCUT2D eigenvalue weighted by molar-refractivity contribution is 0.102. The second kappa shape index (κ2) is 10.2. The summed E-state index contributed by atoms with van der Waals surface area (Å²) in [4.78, 5) is 23.4. The molecule has 8 nitrogen and oxygen atoms in total. The second-order valence-corrected chi connectivity index (χ2v) is 8.07. The minimum absolute atomic E-state index is 0.308. The number of fused-ring (bicyclic) bond motifs is 1. The first kappa shape index (κ1) is 22.4. The highest BCUT2D eigenvalue weighted by Gasteiger charge is 2.16. The second-order valence-electron chi connectivity index (χ2n) is 8.07. The Kier molecular flexibility index (Phi) is 6.95. The Bertz CT molecular complexity index is 1200. The third-order valence-electron chi connectivity index (χ3n) is 5.70. The van der Waals surface area contributed by atoms with Gasteiger partial charge in [-0.1, -0.05) is 12.1 Å². The quantitative estimate of drug-likeness (QED) is 0.399. The standard InChI is InChI=1S/C25H28N6O2/c1-17(12-18(14-26-2)16-31-10-4-5-11-31)19-6-8-22-21(13-19)24(30-29-22)25(32)28-20-7-9-23(33-3)27-15-20/h6-9,12-15H,2,4-5,10-11,16H2,1,3H3,(H,28,32)(H,29,30)/b17-12+,18-14+. The van der Waals surface area contributed by atoms with Crippen molar-refractivity contribution in [3.8, 4) is 5.88 Å². The van der Waals surface area contributed by atoms with E-state index in [4.69, 9.17) is 4.74 Å².